The lowest BCUT2D eigenvalue weighted by atomic mass is 9.92. The van der Waals surface area contributed by atoms with Crippen LogP contribution >= 0.6 is 0 Å². The smallest absolute Gasteiger partial charge is 0.393 e. The predicted molar refractivity (Wildman–Crippen MR) is 80.8 cm³/mol. The van der Waals surface area contributed by atoms with Crippen molar-refractivity contribution >= 4 is 5.91 Å². The number of rotatable bonds is 5. The van der Waals surface area contributed by atoms with E-state index >= 15 is 0 Å². The molecule has 1 aliphatic rings. The van der Waals surface area contributed by atoms with Gasteiger partial charge in [-0.1, -0.05) is 31.5 Å². The summed E-state index contributed by atoms with van der Waals surface area (Å²) in [5.74, 6) is -0.758. The molecule has 0 bridgehead atoms. The van der Waals surface area contributed by atoms with Gasteiger partial charge in [0.2, 0.25) is 5.91 Å². The highest BCUT2D eigenvalue weighted by Gasteiger charge is 2.34. The molecule has 1 aromatic rings. The lowest BCUT2D eigenvalue weighted by molar-refractivity contribution is -0.138. The number of nitrogens with one attached hydrogen (secondary N) is 1. The summed E-state index contributed by atoms with van der Waals surface area (Å²) in [6, 6.07) is 5.36. The largest absolute Gasteiger partial charge is 0.416 e. The summed E-state index contributed by atoms with van der Waals surface area (Å²) in [6.07, 6.45) is -2.26. The van der Waals surface area contributed by atoms with Crippen LogP contribution in [0.1, 0.15) is 49.7 Å². The van der Waals surface area contributed by atoms with Gasteiger partial charge in [0.25, 0.3) is 0 Å². The first-order valence-electron chi connectivity index (χ1n) is 7.90. The Morgan fingerprint density at radius 3 is 2.65 bits per heavy atom. The highest BCUT2D eigenvalue weighted by molar-refractivity contribution is 5.76. The van der Waals surface area contributed by atoms with Crippen LogP contribution in [-0.4, -0.2) is 23.7 Å². The zero-order chi connectivity index (χ0) is 17.0. The Balaban J connectivity index is 1.94. The van der Waals surface area contributed by atoms with Gasteiger partial charge in [-0.2, -0.15) is 13.2 Å². The van der Waals surface area contributed by atoms with E-state index in [2.05, 4.69) is 5.32 Å². The first-order valence-corrected chi connectivity index (χ1v) is 7.90. The summed E-state index contributed by atoms with van der Waals surface area (Å²) in [5.41, 5.74) is -0.553. The molecular weight excluding hydrogens is 307 g/mol. The topological polar surface area (TPSA) is 49.3 Å². The van der Waals surface area contributed by atoms with Crippen LogP contribution in [0.3, 0.4) is 0 Å². The SMILES string of the molecule is CC(CC(=O)NCC1CCCC1O)c1ccccc1C(F)(F)F. The molecule has 0 saturated heterocycles. The van der Waals surface area contributed by atoms with Crippen molar-refractivity contribution in [1.82, 2.24) is 5.32 Å². The second kappa shape index (κ2) is 7.34. The Morgan fingerprint density at radius 1 is 1.35 bits per heavy atom. The molecule has 1 aliphatic carbocycles. The summed E-state index contributed by atoms with van der Waals surface area (Å²) in [7, 11) is 0. The molecule has 1 amide bonds. The summed E-state index contributed by atoms with van der Waals surface area (Å²) in [4.78, 5) is 12.0. The van der Waals surface area contributed by atoms with Crippen LogP contribution in [0.25, 0.3) is 0 Å². The lowest BCUT2D eigenvalue weighted by Gasteiger charge is -2.19. The Bertz CT molecular complexity index is 545. The first kappa shape index (κ1) is 17.8. The number of benzene rings is 1. The molecule has 0 spiro atoms. The molecule has 0 aromatic heterocycles. The second-order valence-corrected chi connectivity index (χ2v) is 6.25. The van der Waals surface area contributed by atoms with Crippen molar-refractivity contribution in [2.24, 2.45) is 5.92 Å². The van der Waals surface area contributed by atoms with Crippen LogP contribution in [0.4, 0.5) is 13.2 Å². The van der Waals surface area contributed by atoms with E-state index in [1.54, 1.807) is 13.0 Å². The van der Waals surface area contributed by atoms with Crippen LogP contribution in [0.5, 0.6) is 0 Å². The summed E-state index contributed by atoms with van der Waals surface area (Å²) in [6.45, 7) is 2.00. The summed E-state index contributed by atoms with van der Waals surface area (Å²) in [5, 5.41) is 12.4. The molecule has 3 unspecified atom stereocenters. The van der Waals surface area contributed by atoms with E-state index in [1.807, 2.05) is 0 Å². The number of carbonyl (C=O) groups is 1. The number of aliphatic hydroxyl groups is 1. The molecule has 0 heterocycles. The van der Waals surface area contributed by atoms with Gasteiger partial charge in [0.1, 0.15) is 0 Å². The second-order valence-electron chi connectivity index (χ2n) is 6.25. The molecule has 1 saturated carbocycles. The number of alkyl halides is 3. The zero-order valence-electron chi connectivity index (χ0n) is 13.1. The van der Waals surface area contributed by atoms with Crippen molar-refractivity contribution in [1.29, 1.82) is 0 Å². The van der Waals surface area contributed by atoms with E-state index in [-0.39, 0.29) is 23.8 Å². The standard InChI is InChI=1S/C17H22F3NO2/c1-11(13-6-2-3-7-14(13)17(18,19)20)9-16(23)21-10-12-5-4-8-15(12)22/h2-3,6-7,11-12,15,22H,4-5,8-10H2,1H3,(H,21,23). The van der Waals surface area contributed by atoms with E-state index in [9.17, 15) is 23.1 Å². The van der Waals surface area contributed by atoms with E-state index in [0.717, 1.165) is 25.3 Å². The van der Waals surface area contributed by atoms with Gasteiger partial charge in [0.15, 0.2) is 0 Å². The van der Waals surface area contributed by atoms with Crippen molar-refractivity contribution in [2.75, 3.05) is 6.54 Å². The van der Waals surface area contributed by atoms with Crippen molar-refractivity contribution in [3.8, 4) is 0 Å². The molecule has 2 N–H and O–H groups in total. The fraction of sp³-hybridized carbons (Fsp3) is 0.588. The average molecular weight is 329 g/mol. The number of hydrogen-bond acceptors (Lipinski definition) is 2. The molecule has 3 nitrogen and oxygen atoms in total. The Hall–Kier alpha value is -1.56. The Kier molecular flexibility index (Phi) is 5.68. The zero-order valence-corrected chi connectivity index (χ0v) is 13.1. The van der Waals surface area contributed by atoms with E-state index < -0.39 is 23.8 Å². The third kappa shape index (κ3) is 4.70. The van der Waals surface area contributed by atoms with Gasteiger partial charge < -0.3 is 10.4 Å². The third-order valence-electron chi connectivity index (χ3n) is 4.47. The average Bonchev–Trinajstić information content (AvgIpc) is 2.89. The number of hydrogen-bond donors (Lipinski definition) is 2. The molecule has 128 valence electrons. The number of carbonyl (C=O) groups excluding carboxylic acids is 1. The third-order valence-corrected chi connectivity index (χ3v) is 4.47. The first-order chi connectivity index (χ1) is 10.8. The molecule has 6 heteroatoms. The fourth-order valence-corrected chi connectivity index (χ4v) is 3.15. The number of halogens is 3. The molecule has 2 rings (SSSR count). The number of aliphatic hydroxyl groups excluding tert-OH is 1. The minimum absolute atomic E-state index is 0.00406. The highest BCUT2D eigenvalue weighted by Crippen LogP contribution is 2.36. The van der Waals surface area contributed by atoms with Crippen molar-refractivity contribution in [2.45, 2.75) is 50.8 Å². The van der Waals surface area contributed by atoms with Gasteiger partial charge in [-0.15, -0.1) is 0 Å². The Morgan fingerprint density at radius 2 is 2.04 bits per heavy atom. The molecule has 0 radical (unpaired) electrons. The summed E-state index contributed by atoms with van der Waals surface area (Å²) < 4.78 is 39.0. The van der Waals surface area contributed by atoms with E-state index in [0.29, 0.717) is 6.54 Å². The van der Waals surface area contributed by atoms with Gasteiger partial charge in [0, 0.05) is 18.9 Å². The maximum absolute atomic E-state index is 13.0. The molecular formula is C17H22F3NO2. The van der Waals surface area contributed by atoms with Gasteiger partial charge in [-0.05, 0) is 30.4 Å². The van der Waals surface area contributed by atoms with Gasteiger partial charge in [-0.3, -0.25) is 4.79 Å². The van der Waals surface area contributed by atoms with Crippen LogP contribution in [-0.2, 0) is 11.0 Å². The van der Waals surface area contributed by atoms with Crippen LogP contribution in [0.15, 0.2) is 24.3 Å². The maximum atomic E-state index is 13.0. The van der Waals surface area contributed by atoms with Gasteiger partial charge >= 0.3 is 6.18 Å². The quantitative estimate of drug-likeness (QED) is 0.869. The molecule has 0 aliphatic heterocycles. The van der Waals surface area contributed by atoms with Crippen LogP contribution < -0.4 is 5.32 Å². The normalized spacial score (nSPS) is 22.8. The van der Waals surface area contributed by atoms with Gasteiger partial charge in [0.05, 0.1) is 11.7 Å². The van der Waals surface area contributed by atoms with Crippen LogP contribution in [0, 0.1) is 5.92 Å². The minimum Gasteiger partial charge on any atom is -0.393 e. The number of amides is 1. The Labute approximate surface area is 133 Å². The van der Waals surface area contributed by atoms with Crippen molar-refractivity contribution < 1.29 is 23.1 Å². The molecule has 1 fully saturated rings. The summed E-state index contributed by atoms with van der Waals surface area (Å²) >= 11 is 0. The molecule has 3 atom stereocenters. The van der Waals surface area contributed by atoms with Crippen LogP contribution in [0.2, 0.25) is 0 Å². The lowest BCUT2D eigenvalue weighted by Crippen LogP contribution is -2.33. The van der Waals surface area contributed by atoms with Crippen molar-refractivity contribution in [3.05, 3.63) is 35.4 Å². The fourth-order valence-electron chi connectivity index (χ4n) is 3.15. The monoisotopic (exact) mass is 329 g/mol. The highest BCUT2D eigenvalue weighted by atomic mass is 19.4. The van der Waals surface area contributed by atoms with E-state index in [4.69, 9.17) is 0 Å². The van der Waals surface area contributed by atoms with E-state index in [1.165, 1.54) is 12.1 Å². The predicted octanol–water partition coefficient (Wildman–Crippen LogP) is 3.48. The van der Waals surface area contributed by atoms with Crippen molar-refractivity contribution in [3.63, 3.8) is 0 Å². The molecule has 23 heavy (non-hydrogen) atoms. The minimum atomic E-state index is -4.42. The molecule has 1 aromatic carbocycles. The maximum Gasteiger partial charge on any atom is 0.416 e. The van der Waals surface area contributed by atoms with Gasteiger partial charge in [-0.25, -0.2) is 0 Å².